The Morgan fingerprint density at radius 2 is 1.96 bits per heavy atom. The molecular weight excluding hydrogens is 331 g/mol. The van der Waals surface area contributed by atoms with Gasteiger partial charge in [-0.05, 0) is 41.5 Å². The fourth-order valence-electron chi connectivity index (χ4n) is 2.98. The van der Waals surface area contributed by atoms with Crippen LogP contribution in [0.5, 0.6) is 0 Å². The summed E-state index contributed by atoms with van der Waals surface area (Å²) in [5.41, 5.74) is 3.83. The van der Waals surface area contributed by atoms with E-state index in [-0.39, 0.29) is 11.1 Å². The summed E-state index contributed by atoms with van der Waals surface area (Å²) in [7, 11) is 0. The van der Waals surface area contributed by atoms with Crippen LogP contribution in [-0.2, 0) is 6.42 Å². The van der Waals surface area contributed by atoms with E-state index >= 15 is 0 Å². The largest absolute Gasteiger partial charge is 0.326 e. The van der Waals surface area contributed by atoms with Gasteiger partial charge in [-0.3, -0.25) is 9.78 Å². The van der Waals surface area contributed by atoms with Crippen LogP contribution in [-0.4, -0.2) is 14.4 Å². The quantitative estimate of drug-likeness (QED) is 0.620. The standard InChI is InChI=1S/C20H13FN4O/c21-18-2-1-13(7-15(18)10-22)8-17-11-24-20(26)19-9-16(12-25(17)19)14-3-5-23-6-4-14/h1-7,9,11-12H,8H2,(H,24,26). The highest BCUT2D eigenvalue weighted by Crippen LogP contribution is 2.22. The highest BCUT2D eigenvalue weighted by molar-refractivity contribution is 5.69. The lowest BCUT2D eigenvalue weighted by Gasteiger charge is -2.06. The molecular formula is C20H13FN4O. The zero-order valence-electron chi connectivity index (χ0n) is 13.6. The van der Waals surface area contributed by atoms with Gasteiger partial charge in [0.25, 0.3) is 5.56 Å². The minimum Gasteiger partial charge on any atom is -0.326 e. The fourth-order valence-corrected chi connectivity index (χ4v) is 2.98. The Morgan fingerprint density at radius 1 is 1.15 bits per heavy atom. The monoisotopic (exact) mass is 344 g/mol. The van der Waals surface area contributed by atoms with Crippen LogP contribution in [0.3, 0.4) is 0 Å². The van der Waals surface area contributed by atoms with E-state index < -0.39 is 5.82 Å². The van der Waals surface area contributed by atoms with E-state index in [0.29, 0.717) is 11.9 Å². The van der Waals surface area contributed by atoms with Crippen LogP contribution in [0.1, 0.15) is 16.8 Å². The number of nitriles is 1. The van der Waals surface area contributed by atoms with E-state index in [4.69, 9.17) is 5.26 Å². The van der Waals surface area contributed by atoms with Crippen LogP contribution in [0, 0.1) is 17.1 Å². The van der Waals surface area contributed by atoms with E-state index in [1.165, 1.54) is 12.1 Å². The number of rotatable bonds is 3. The minimum absolute atomic E-state index is 0.00755. The molecule has 0 fully saturated rings. The highest BCUT2D eigenvalue weighted by Gasteiger charge is 2.10. The van der Waals surface area contributed by atoms with Crippen molar-refractivity contribution < 1.29 is 4.39 Å². The zero-order chi connectivity index (χ0) is 18.1. The molecule has 0 spiro atoms. The van der Waals surface area contributed by atoms with Crippen LogP contribution in [0.25, 0.3) is 16.6 Å². The molecule has 5 nitrogen and oxygen atoms in total. The number of aromatic amines is 1. The smallest absolute Gasteiger partial charge is 0.272 e. The molecule has 4 rings (SSSR count). The molecule has 26 heavy (non-hydrogen) atoms. The lowest BCUT2D eigenvalue weighted by atomic mass is 10.1. The summed E-state index contributed by atoms with van der Waals surface area (Å²) in [6, 6.07) is 11.9. The number of benzene rings is 1. The van der Waals surface area contributed by atoms with Gasteiger partial charge in [0.2, 0.25) is 0 Å². The lowest BCUT2D eigenvalue weighted by Crippen LogP contribution is -2.11. The summed E-state index contributed by atoms with van der Waals surface area (Å²) in [4.78, 5) is 18.9. The van der Waals surface area contributed by atoms with Gasteiger partial charge in [0, 0.05) is 42.5 Å². The van der Waals surface area contributed by atoms with Crippen molar-refractivity contribution in [1.82, 2.24) is 14.4 Å². The summed E-state index contributed by atoms with van der Waals surface area (Å²) in [6.07, 6.45) is 7.38. The topological polar surface area (TPSA) is 73.9 Å². The number of pyridine rings is 1. The molecule has 0 radical (unpaired) electrons. The number of hydrogen-bond acceptors (Lipinski definition) is 3. The number of hydrogen-bond donors (Lipinski definition) is 1. The van der Waals surface area contributed by atoms with Crippen molar-refractivity contribution in [2.24, 2.45) is 0 Å². The first-order chi connectivity index (χ1) is 12.7. The van der Waals surface area contributed by atoms with Crippen LogP contribution in [0.15, 0.2) is 66.0 Å². The summed E-state index contributed by atoms with van der Waals surface area (Å²) in [5.74, 6) is -0.538. The molecule has 126 valence electrons. The predicted octanol–water partition coefficient (Wildman–Crippen LogP) is 3.29. The molecule has 0 aliphatic heterocycles. The Labute approximate surface area is 148 Å². The highest BCUT2D eigenvalue weighted by atomic mass is 19.1. The molecule has 1 N–H and O–H groups in total. The Kier molecular flexibility index (Phi) is 3.82. The third kappa shape index (κ3) is 2.76. The first kappa shape index (κ1) is 15.8. The van der Waals surface area contributed by atoms with Gasteiger partial charge >= 0.3 is 0 Å². The van der Waals surface area contributed by atoms with E-state index in [1.807, 2.05) is 34.9 Å². The SMILES string of the molecule is N#Cc1cc(Cc2c[nH]c(=O)c3cc(-c4ccncc4)cn23)ccc1F. The van der Waals surface area contributed by atoms with Gasteiger partial charge in [-0.25, -0.2) is 4.39 Å². The Hall–Kier alpha value is -3.72. The molecule has 0 amide bonds. The number of nitrogens with one attached hydrogen (secondary N) is 1. The molecule has 0 aliphatic carbocycles. The second-order valence-corrected chi connectivity index (χ2v) is 5.93. The van der Waals surface area contributed by atoms with Gasteiger partial charge in [-0.15, -0.1) is 0 Å². The third-order valence-corrected chi connectivity index (χ3v) is 4.28. The number of nitrogens with zero attached hydrogens (tertiary/aromatic N) is 3. The maximum absolute atomic E-state index is 13.5. The van der Waals surface area contributed by atoms with Gasteiger partial charge in [0.1, 0.15) is 17.4 Å². The third-order valence-electron chi connectivity index (χ3n) is 4.28. The van der Waals surface area contributed by atoms with Crippen molar-refractivity contribution in [3.8, 4) is 17.2 Å². The summed E-state index contributed by atoms with van der Waals surface area (Å²) < 4.78 is 15.3. The van der Waals surface area contributed by atoms with Crippen LogP contribution >= 0.6 is 0 Å². The molecule has 3 heterocycles. The van der Waals surface area contributed by atoms with Gasteiger partial charge in [-0.1, -0.05) is 6.07 Å². The van der Waals surface area contributed by atoms with Crippen molar-refractivity contribution in [1.29, 1.82) is 5.26 Å². The molecule has 0 saturated heterocycles. The van der Waals surface area contributed by atoms with Gasteiger partial charge in [0.05, 0.1) is 5.56 Å². The fraction of sp³-hybridized carbons (Fsp3) is 0.0500. The van der Waals surface area contributed by atoms with Crippen LogP contribution in [0.4, 0.5) is 4.39 Å². The van der Waals surface area contributed by atoms with E-state index in [0.717, 1.165) is 22.4 Å². The van der Waals surface area contributed by atoms with E-state index in [2.05, 4.69) is 9.97 Å². The molecule has 0 aliphatic rings. The Balaban J connectivity index is 1.81. The first-order valence-corrected chi connectivity index (χ1v) is 7.97. The predicted molar refractivity (Wildman–Crippen MR) is 95.2 cm³/mol. The maximum atomic E-state index is 13.5. The number of fused-ring (bicyclic) bond motifs is 1. The molecule has 3 aromatic heterocycles. The number of H-pyrrole nitrogens is 1. The molecule has 0 atom stereocenters. The zero-order valence-corrected chi connectivity index (χ0v) is 13.6. The van der Waals surface area contributed by atoms with E-state index in [9.17, 15) is 9.18 Å². The van der Waals surface area contributed by atoms with Crippen molar-refractivity contribution in [3.63, 3.8) is 0 Å². The molecule has 0 bridgehead atoms. The summed E-state index contributed by atoms with van der Waals surface area (Å²) in [5, 5.41) is 9.00. The summed E-state index contributed by atoms with van der Waals surface area (Å²) in [6.45, 7) is 0. The Morgan fingerprint density at radius 3 is 2.73 bits per heavy atom. The maximum Gasteiger partial charge on any atom is 0.272 e. The molecule has 1 aromatic carbocycles. The average Bonchev–Trinajstić information content (AvgIpc) is 3.13. The normalized spacial score (nSPS) is 10.8. The van der Waals surface area contributed by atoms with Crippen molar-refractivity contribution in [2.75, 3.05) is 0 Å². The van der Waals surface area contributed by atoms with Gasteiger partial charge in [-0.2, -0.15) is 5.26 Å². The van der Waals surface area contributed by atoms with Crippen molar-refractivity contribution in [2.45, 2.75) is 6.42 Å². The Bertz CT molecular complexity index is 1200. The second kappa shape index (κ2) is 6.30. The van der Waals surface area contributed by atoms with Crippen LogP contribution in [0.2, 0.25) is 0 Å². The minimum atomic E-state index is -0.538. The molecule has 0 unspecified atom stereocenters. The van der Waals surface area contributed by atoms with Gasteiger partial charge < -0.3 is 9.38 Å². The lowest BCUT2D eigenvalue weighted by molar-refractivity contribution is 0.623. The van der Waals surface area contributed by atoms with Gasteiger partial charge in [0.15, 0.2) is 0 Å². The van der Waals surface area contributed by atoms with Crippen LogP contribution < -0.4 is 5.56 Å². The molecule has 6 heteroatoms. The molecule has 0 saturated carbocycles. The number of aromatic nitrogens is 3. The van der Waals surface area contributed by atoms with E-state index in [1.54, 1.807) is 24.7 Å². The van der Waals surface area contributed by atoms with Crippen molar-refractivity contribution >= 4 is 5.52 Å². The number of halogens is 1. The molecule has 4 aromatic rings. The van der Waals surface area contributed by atoms with Crippen molar-refractivity contribution in [3.05, 3.63) is 94.2 Å². The average molecular weight is 344 g/mol. The first-order valence-electron chi connectivity index (χ1n) is 7.97. The second-order valence-electron chi connectivity index (χ2n) is 5.93. The summed E-state index contributed by atoms with van der Waals surface area (Å²) >= 11 is 0.